The van der Waals surface area contributed by atoms with E-state index in [0.717, 1.165) is 10.5 Å². The van der Waals surface area contributed by atoms with E-state index in [9.17, 15) is 28.9 Å². The van der Waals surface area contributed by atoms with E-state index < -0.39 is 34.9 Å². The fraction of sp³-hybridized carbons (Fsp3) is 0.250. The number of non-ortho nitro benzene ring substituents is 1. The number of rotatable bonds is 7. The zero-order chi connectivity index (χ0) is 21.9. The predicted molar refractivity (Wildman–Crippen MR) is 104 cm³/mol. The van der Waals surface area contributed by atoms with Gasteiger partial charge in [-0.25, -0.2) is 9.18 Å². The van der Waals surface area contributed by atoms with Crippen LogP contribution < -0.4 is 10.6 Å². The highest BCUT2D eigenvalue weighted by Gasteiger charge is 2.49. The smallest absolute Gasteiger partial charge is 0.325 e. The van der Waals surface area contributed by atoms with E-state index in [4.69, 9.17) is 0 Å². The summed E-state index contributed by atoms with van der Waals surface area (Å²) in [5.74, 6) is -1.50. The van der Waals surface area contributed by atoms with Crippen LogP contribution in [0.1, 0.15) is 18.1 Å². The maximum absolute atomic E-state index is 12.9. The van der Waals surface area contributed by atoms with Crippen LogP contribution in [0.15, 0.2) is 48.5 Å². The molecule has 2 aromatic carbocycles. The molecule has 0 bridgehead atoms. The van der Waals surface area contributed by atoms with Gasteiger partial charge < -0.3 is 10.6 Å². The van der Waals surface area contributed by atoms with Crippen LogP contribution in [0.5, 0.6) is 0 Å². The summed E-state index contributed by atoms with van der Waals surface area (Å²) in [6.45, 7) is 1.27. The first-order valence-electron chi connectivity index (χ1n) is 9.11. The quantitative estimate of drug-likeness (QED) is 0.407. The van der Waals surface area contributed by atoms with Crippen molar-refractivity contribution in [2.75, 3.05) is 13.1 Å². The van der Waals surface area contributed by atoms with Gasteiger partial charge in [0.1, 0.15) is 17.9 Å². The van der Waals surface area contributed by atoms with Crippen LogP contribution in [-0.4, -0.2) is 40.8 Å². The average Bonchev–Trinajstić information content (AvgIpc) is 2.93. The SMILES string of the molecule is C[C@@]1(c2ccc([N+](=O)[O-])cc2)NC(=O)N(CC(=O)NCCc2ccc(F)cc2)C1=O. The van der Waals surface area contributed by atoms with Crippen molar-refractivity contribution in [2.24, 2.45) is 0 Å². The minimum absolute atomic E-state index is 0.142. The van der Waals surface area contributed by atoms with Crippen molar-refractivity contribution in [2.45, 2.75) is 18.9 Å². The molecule has 10 heteroatoms. The molecule has 1 aliphatic rings. The van der Waals surface area contributed by atoms with Crippen molar-refractivity contribution in [1.82, 2.24) is 15.5 Å². The van der Waals surface area contributed by atoms with Crippen LogP contribution in [0.25, 0.3) is 0 Å². The lowest BCUT2D eigenvalue weighted by molar-refractivity contribution is -0.384. The number of carbonyl (C=O) groups is 3. The summed E-state index contributed by atoms with van der Waals surface area (Å²) in [6.07, 6.45) is 0.465. The number of nitrogens with one attached hydrogen (secondary N) is 2. The zero-order valence-corrected chi connectivity index (χ0v) is 16.1. The summed E-state index contributed by atoms with van der Waals surface area (Å²) >= 11 is 0. The first-order chi connectivity index (χ1) is 14.2. The fourth-order valence-corrected chi connectivity index (χ4v) is 3.15. The maximum atomic E-state index is 12.9. The highest BCUT2D eigenvalue weighted by molar-refractivity contribution is 6.09. The summed E-state index contributed by atoms with van der Waals surface area (Å²) in [5, 5.41) is 16.0. The molecule has 0 unspecified atom stereocenters. The number of hydrogen-bond acceptors (Lipinski definition) is 5. The lowest BCUT2D eigenvalue weighted by Crippen LogP contribution is -2.43. The van der Waals surface area contributed by atoms with Crippen molar-refractivity contribution in [3.8, 4) is 0 Å². The molecule has 0 aromatic heterocycles. The minimum atomic E-state index is -1.43. The van der Waals surface area contributed by atoms with Gasteiger partial charge in [-0.3, -0.25) is 24.6 Å². The Labute approximate surface area is 171 Å². The Hall–Kier alpha value is -3.82. The Kier molecular flexibility index (Phi) is 5.77. The highest BCUT2D eigenvalue weighted by atomic mass is 19.1. The third-order valence-electron chi connectivity index (χ3n) is 4.88. The van der Waals surface area contributed by atoms with Gasteiger partial charge in [-0.2, -0.15) is 0 Å². The summed E-state index contributed by atoms with van der Waals surface area (Å²) in [6, 6.07) is 10.4. The molecule has 2 aromatic rings. The molecule has 4 amide bonds. The molecule has 9 nitrogen and oxygen atoms in total. The molecule has 0 radical (unpaired) electrons. The zero-order valence-electron chi connectivity index (χ0n) is 16.1. The van der Waals surface area contributed by atoms with Gasteiger partial charge in [-0.15, -0.1) is 0 Å². The van der Waals surface area contributed by atoms with E-state index in [-0.39, 0.29) is 18.0 Å². The molecule has 1 atom stereocenters. The number of hydrogen-bond donors (Lipinski definition) is 2. The summed E-state index contributed by atoms with van der Waals surface area (Å²) in [5.41, 5.74) is -0.375. The highest BCUT2D eigenvalue weighted by Crippen LogP contribution is 2.29. The van der Waals surface area contributed by atoms with Crippen LogP contribution >= 0.6 is 0 Å². The van der Waals surface area contributed by atoms with Crippen LogP contribution in [0, 0.1) is 15.9 Å². The van der Waals surface area contributed by atoms with Crippen molar-refractivity contribution in [1.29, 1.82) is 0 Å². The molecule has 1 aliphatic heterocycles. The van der Waals surface area contributed by atoms with Gasteiger partial charge in [0.2, 0.25) is 5.91 Å². The summed E-state index contributed by atoms with van der Waals surface area (Å²) in [7, 11) is 0. The Morgan fingerprint density at radius 3 is 2.40 bits per heavy atom. The Morgan fingerprint density at radius 2 is 1.80 bits per heavy atom. The summed E-state index contributed by atoms with van der Waals surface area (Å²) in [4.78, 5) is 48.3. The number of nitro groups is 1. The number of nitro benzene ring substituents is 1. The lowest BCUT2D eigenvalue weighted by atomic mass is 9.92. The van der Waals surface area contributed by atoms with Gasteiger partial charge in [-0.05, 0) is 48.7 Å². The third kappa shape index (κ3) is 4.27. The minimum Gasteiger partial charge on any atom is -0.354 e. The first kappa shape index (κ1) is 20.9. The molecule has 1 fully saturated rings. The number of amides is 4. The van der Waals surface area contributed by atoms with E-state index in [2.05, 4.69) is 10.6 Å². The van der Waals surface area contributed by atoms with Crippen molar-refractivity contribution >= 4 is 23.5 Å². The van der Waals surface area contributed by atoms with Crippen LogP contribution in [0.4, 0.5) is 14.9 Å². The molecule has 3 rings (SSSR count). The largest absolute Gasteiger partial charge is 0.354 e. The molecular formula is C20H19FN4O5. The number of halogens is 1. The lowest BCUT2D eigenvalue weighted by Gasteiger charge is -2.22. The number of carbonyl (C=O) groups excluding carboxylic acids is 3. The van der Waals surface area contributed by atoms with Gasteiger partial charge in [0, 0.05) is 18.7 Å². The third-order valence-corrected chi connectivity index (χ3v) is 4.88. The van der Waals surface area contributed by atoms with Crippen LogP contribution in [0.3, 0.4) is 0 Å². The number of imide groups is 1. The predicted octanol–water partition coefficient (Wildman–Crippen LogP) is 1.86. The number of nitrogens with zero attached hydrogens (tertiary/aromatic N) is 2. The molecule has 1 heterocycles. The Balaban J connectivity index is 1.60. The molecule has 1 saturated heterocycles. The number of benzene rings is 2. The molecule has 156 valence electrons. The molecule has 0 saturated carbocycles. The topological polar surface area (TPSA) is 122 Å². The average molecular weight is 414 g/mol. The molecular weight excluding hydrogens is 395 g/mol. The van der Waals surface area contributed by atoms with E-state index in [0.29, 0.717) is 12.0 Å². The maximum Gasteiger partial charge on any atom is 0.325 e. The first-order valence-corrected chi connectivity index (χ1v) is 9.11. The van der Waals surface area contributed by atoms with E-state index in [1.54, 1.807) is 12.1 Å². The van der Waals surface area contributed by atoms with Gasteiger partial charge in [0.15, 0.2) is 0 Å². The monoisotopic (exact) mass is 414 g/mol. The second kappa shape index (κ2) is 8.27. The molecule has 2 N–H and O–H groups in total. The van der Waals surface area contributed by atoms with Gasteiger partial charge in [0.25, 0.3) is 11.6 Å². The van der Waals surface area contributed by atoms with Crippen LogP contribution in [0.2, 0.25) is 0 Å². The van der Waals surface area contributed by atoms with Crippen molar-refractivity contribution < 1.29 is 23.7 Å². The van der Waals surface area contributed by atoms with Gasteiger partial charge in [0.05, 0.1) is 4.92 Å². The van der Waals surface area contributed by atoms with Crippen LogP contribution in [-0.2, 0) is 21.5 Å². The van der Waals surface area contributed by atoms with Crippen molar-refractivity contribution in [3.63, 3.8) is 0 Å². The normalized spacial score (nSPS) is 18.3. The van der Waals surface area contributed by atoms with E-state index >= 15 is 0 Å². The van der Waals surface area contributed by atoms with E-state index in [1.165, 1.54) is 43.3 Å². The van der Waals surface area contributed by atoms with E-state index in [1.807, 2.05) is 0 Å². The Morgan fingerprint density at radius 1 is 1.17 bits per heavy atom. The molecule has 0 spiro atoms. The standard InChI is InChI=1S/C20H19FN4O5/c1-20(14-4-8-16(9-5-14)25(29)30)18(27)24(19(28)23-20)12-17(26)22-11-10-13-2-6-15(21)7-3-13/h2-9H,10-12H2,1H3,(H,22,26)(H,23,28)/t20-/m0/s1. The fourth-order valence-electron chi connectivity index (χ4n) is 3.15. The number of urea groups is 1. The molecule has 0 aliphatic carbocycles. The van der Waals surface area contributed by atoms with Crippen molar-refractivity contribution in [3.05, 3.63) is 75.6 Å². The second-order valence-corrected chi connectivity index (χ2v) is 6.98. The van der Waals surface area contributed by atoms with Gasteiger partial charge >= 0.3 is 6.03 Å². The Bertz CT molecular complexity index is 993. The van der Waals surface area contributed by atoms with Gasteiger partial charge in [-0.1, -0.05) is 12.1 Å². The second-order valence-electron chi connectivity index (χ2n) is 6.98. The summed E-state index contributed by atoms with van der Waals surface area (Å²) < 4.78 is 12.9. The molecule has 30 heavy (non-hydrogen) atoms.